The molecule has 0 saturated heterocycles. The van der Waals surface area contributed by atoms with Gasteiger partial charge >= 0.3 is 0 Å². The van der Waals surface area contributed by atoms with Crippen LogP contribution >= 0.6 is 11.3 Å². The molecule has 0 bridgehead atoms. The number of nitrogens with zero attached hydrogens (tertiary/aromatic N) is 1. The van der Waals surface area contributed by atoms with Crippen LogP contribution in [0, 0.1) is 0 Å². The van der Waals surface area contributed by atoms with Gasteiger partial charge in [0.15, 0.2) is 0 Å². The van der Waals surface area contributed by atoms with Crippen molar-refractivity contribution in [3.63, 3.8) is 0 Å². The highest BCUT2D eigenvalue weighted by Crippen LogP contribution is 2.35. The van der Waals surface area contributed by atoms with E-state index in [0.717, 1.165) is 18.5 Å². The molecule has 0 aliphatic rings. The molecule has 3 rings (SSSR count). The maximum absolute atomic E-state index is 4.44. The zero-order chi connectivity index (χ0) is 14.7. The third-order valence-electron chi connectivity index (χ3n) is 3.67. The minimum atomic E-state index is 0.414. The maximum Gasteiger partial charge on any atom is 0.0708 e. The molecule has 0 aliphatic carbocycles. The van der Waals surface area contributed by atoms with Crippen molar-refractivity contribution in [2.45, 2.75) is 26.3 Å². The molecule has 1 N–H and O–H groups in total. The lowest BCUT2D eigenvalue weighted by molar-refractivity contribution is 0.578. The van der Waals surface area contributed by atoms with Gasteiger partial charge in [-0.2, -0.15) is 0 Å². The number of pyridine rings is 1. The standard InChI is InChI=1S/C18H20N2S/c1-3-11-19-13(2)17-9-10-18(21-17)15-6-4-8-16-14(15)7-5-12-20-16/h4-10,12-13,19H,3,11H2,1-2H3. The average Bonchev–Trinajstić information content (AvgIpc) is 3.02. The second-order valence-electron chi connectivity index (χ2n) is 5.25. The lowest BCUT2D eigenvalue weighted by Gasteiger charge is -2.10. The SMILES string of the molecule is CCCNC(C)c1ccc(-c2cccc3ncccc23)s1. The van der Waals surface area contributed by atoms with E-state index in [-0.39, 0.29) is 0 Å². The first kappa shape index (κ1) is 14.2. The van der Waals surface area contributed by atoms with E-state index < -0.39 is 0 Å². The zero-order valence-electron chi connectivity index (χ0n) is 12.5. The molecule has 21 heavy (non-hydrogen) atoms. The van der Waals surface area contributed by atoms with Crippen molar-refractivity contribution in [2.24, 2.45) is 0 Å². The van der Waals surface area contributed by atoms with Gasteiger partial charge in [-0.15, -0.1) is 11.3 Å². The van der Waals surface area contributed by atoms with Gasteiger partial charge in [0.05, 0.1) is 5.52 Å². The second-order valence-corrected chi connectivity index (χ2v) is 6.37. The Bertz CT molecular complexity index is 727. The number of hydrogen-bond acceptors (Lipinski definition) is 3. The number of thiophene rings is 1. The van der Waals surface area contributed by atoms with E-state index >= 15 is 0 Å². The summed E-state index contributed by atoms with van der Waals surface area (Å²) >= 11 is 1.87. The molecule has 0 spiro atoms. The van der Waals surface area contributed by atoms with Crippen molar-refractivity contribution >= 4 is 22.2 Å². The van der Waals surface area contributed by atoms with Gasteiger partial charge in [-0.1, -0.05) is 25.1 Å². The summed E-state index contributed by atoms with van der Waals surface area (Å²) in [5.74, 6) is 0. The molecule has 0 fully saturated rings. The molecular weight excluding hydrogens is 276 g/mol. The van der Waals surface area contributed by atoms with Crippen LogP contribution in [0.4, 0.5) is 0 Å². The van der Waals surface area contributed by atoms with Crippen LogP contribution in [0.3, 0.4) is 0 Å². The molecule has 3 aromatic rings. The highest BCUT2D eigenvalue weighted by atomic mass is 32.1. The number of hydrogen-bond donors (Lipinski definition) is 1. The summed E-state index contributed by atoms with van der Waals surface area (Å²) < 4.78 is 0. The van der Waals surface area contributed by atoms with Crippen LogP contribution < -0.4 is 5.32 Å². The first-order chi connectivity index (χ1) is 10.3. The molecule has 0 amide bonds. The molecule has 1 aromatic carbocycles. The van der Waals surface area contributed by atoms with Gasteiger partial charge in [-0.25, -0.2) is 0 Å². The van der Waals surface area contributed by atoms with Gasteiger partial charge in [0, 0.05) is 32.9 Å². The van der Waals surface area contributed by atoms with Crippen molar-refractivity contribution in [2.75, 3.05) is 6.54 Å². The van der Waals surface area contributed by atoms with Crippen molar-refractivity contribution < 1.29 is 0 Å². The Morgan fingerprint density at radius 1 is 1.14 bits per heavy atom. The van der Waals surface area contributed by atoms with Crippen LogP contribution in [0.1, 0.15) is 31.2 Å². The minimum Gasteiger partial charge on any atom is -0.309 e. The van der Waals surface area contributed by atoms with Gasteiger partial charge in [0.25, 0.3) is 0 Å². The lowest BCUT2D eigenvalue weighted by Crippen LogP contribution is -2.18. The number of rotatable bonds is 5. The lowest BCUT2D eigenvalue weighted by atomic mass is 10.1. The monoisotopic (exact) mass is 296 g/mol. The average molecular weight is 296 g/mol. The molecular formula is C18H20N2S. The summed E-state index contributed by atoms with van der Waals surface area (Å²) in [6.07, 6.45) is 3.01. The van der Waals surface area contributed by atoms with E-state index in [0.29, 0.717) is 6.04 Å². The fraction of sp³-hybridized carbons (Fsp3) is 0.278. The summed E-state index contributed by atoms with van der Waals surface area (Å²) in [5, 5.41) is 4.77. The van der Waals surface area contributed by atoms with Crippen LogP contribution in [0.25, 0.3) is 21.3 Å². The van der Waals surface area contributed by atoms with E-state index in [1.54, 1.807) is 0 Å². The Balaban J connectivity index is 1.95. The van der Waals surface area contributed by atoms with Crippen molar-refractivity contribution in [3.05, 3.63) is 53.5 Å². The van der Waals surface area contributed by atoms with Crippen LogP contribution in [0.2, 0.25) is 0 Å². The Kier molecular flexibility index (Phi) is 4.32. The first-order valence-electron chi connectivity index (χ1n) is 7.47. The Morgan fingerprint density at radius 3 is 2.90 bits per heavy atom. The van der Waals surface area contributed by atoms with Crippen LogP contribution in [-0.2, 0) is 0 Å². The topological polar surface area (TPSA) is 24.9 Å². The molecule has 1 unspecified atom stereocenters. The Morgan fingerprint density at radius 2 is 2.05 bits per heavy atom. The highest BCUT2D eigenvalue weighted by Gasteiger charge is 2.10. The van der Waals surface area contributed by atoms with Crippen LogP contribution in [-0.4, -0.2) is 11.5 Å². The predicted molar refractivity (Wildman–Crippen MR) is 91.8 cm³/mol. The molecule has 0 aliphatic heterocycles. The fourth-order valence-corrected chi connectivity index (χ4v) is 3.58. The summed E-state index contributed by atoms with van der Waals surface area (Å²) in [5.41, 5.74) is 2.33. The van der Waals surface area contributed by atoms with E-state index in [1.165, 1.54) is 20.7 Å². The Labute approximate surface area is 129 Å². The van der Waals surface area contributed by atoms with Crippen molar-refractivity contribution in [3.8, 4) is 10.4 Å². The van der Waals surface area contributed by atoms with Gasteiger partial charge in [-0.05, 0) is 44.2 Å². The van der Waals surface area contributed by atoms with Crippen molar-refractivity contribution in [1.82, 2.24) is 10.3 Å². The van der Waals surface area contributed by atoms with E-state index in [9.17, 15) is 0 Å². The summed E-state index contributed by atoms with van der Waals surface area (Å²) in [4.78, 5) is 7.14. The van der Waals surface area contributed by atoms with E-state index in [1.807, 2.05) is 23.6 Å². The first-order valence-corrected chi connectivity index (χ1v) is 8.28. The van der Waals surface area contributed by atoms with Gasteiger partial charge in [0.2, 0.25) is 0 Å². The predicted octanol–water partition coefficient (Wildman–Crippen LogP) is 5.02. The number of nitrogens with one attached hydrogen (secondary N) is 1. The molecule has 0 saturated carbocycles. The van der Waals surface area contributed by atoms with Crippen molar-refractivity contribution in [1.29, 1.82) is 0 Å². The molecule has 2 heterocycles. The summed E-state index contributed by atoms with van der Waals surface area (Å²) in [6.45, 7) is 5.49. The maximum atomic E-state index is 4.44. The smallest absolute Gasteiger partial charge is 0.0708 e. The molecule has 0 radical (unpaired) electrons. The Hall–Kier alpha value is -1.71. The number of fused-ring (bicyclic) bond motifs is 1. The number of aromatic nitrogens is 1. The fourth-order valence-electron chi connectivity index (χ4n) is 2.51. The molecule has 3 heteroatoms. The molecule has 2 nitrogen and oxygen atoms in total. The summed E-state index contributed by atoms with van der Waals surface area (Å²) in [6, 6.07) is 15.4. The zero-order valence-corrected chi connectivity index (χ0v) is 13.3. The normalized spacial score (nSPS) is 12.7. The highest BCUT2D eigenvalue weighted by molar-refractivity contribution is 7.15. The molecule has 108 valence electrons. The van der Waals surface area contributed by atoms with E-state index in [2.05, 4.69) is 60.5 Å². The van der Waals surface area contributed by atoms with Crippen LogP contribution in [0.15, 0.2) is 48.7 Å². The van der Waals surface area contributed by atoms with Gasteiger partial charge in [0.1, 0.15) is 0 Å². The largest absolute Gasteiger partial charge is 0.309 e. The minimum absolute atomic E-state index is 0.414. The van der Waals surface area contributed by atoms with Crippen LogP contribution in [0.5, 0.6) is 0 Å². The van der Waals surface area contributed by atoms with Gasteiger partial charge in [-0.3, -0.25) is 4.98 Å². The molecule has 2 aromatic heterocycles. The quantitative estimate of drug-likeness (QED) is 0.714. The number of benzene rings is 1. The van der Waals surface area contributed by atoms with Gasteiger partial charge < -0.3 is 5.32 Å². The summed E-state index contributed by atoms with van der Waals surface area (Å²) in [7, 11) is 0. The second kappa shape index (κ2) is 6.37. The van der Waals surface area contributed by atoms with E-state index in [4.69, 9.17) is 0 Å². The molecule has 1 atom stereocenters. The third kappa shape index (κ3) is 2.99. The third-order valence-corrected chi connectivity index (χ3v) is 4.97.